The lowest BCUT2D eigenvalue weighted by atomic mass is 10.3. The van der Waals surface area contributed by atoms with E-state index in [0.717, 1.165) is 12.8 Å². The topological polar surface area (TPSA) is 80.8 Å². The fourth-order valence-corrected chi connectivity index (χ4v) is 2.21. The molecule has 0 bridgehead atoms. The van der Waals surface area contributed by atoms with Crippen molar-refractivity contribution in [2.45, 2.75) is 26.7 Å². The van der Waals surface area contributed by atoms with Gasteiger partial charge in [-0.3, -0.25) is 19.3 Å². The van der Waals surface area contributed by atoms with E-state index in [-0.39, 0.29) is 5.82 Å². The van der Waals surface area contributed by atoms with Crippen LogP contribution in [0.2, 0.25) is 0 Å². The molecule has 0 amide bonds. The largest absolute Gasteiger partial charge is 0.376 e. The Morgan fingerprint density at radius 2 is 2.14 bits per heavy atom. The highest BCUT2D eigenvalue weighted by Crippen LogP contribution is 2.23. The second-order valence-electron chi connectivity index (χ2n) is 4.71. The van der Waals surface area contributed by atoms with E-state index in [4.69, 9.17) is 0 Å². The van der Waals surface area contributed by atoms with Crippen molar-refractivity contribution in [1.29, 1.82) is 0 Å². The highest BCUT2D eigenvalue weighted by atomic mass is 16.6. The SMILES string of the molecule is CCCCN(CC)c1nc2ccccn2c(=O)c1[N+](=O)[O-]. The first-order valence-electron chi connectivity index (χ1n) is 7.00. The number of pyridine rings is 1. The molecule has 0 saturated heterocycles. The van der Waals surface area contributed by atoms with Crippen molar-refractivity contribution in [1.82, 2.24) is 9.38 Å². The van der Waals surface area contributed by atoms with Gasteiger partial charge in [0.15, 0.2) is 0 Å². The van der Waals surface area contributed by atoms with E-state index in [1.165, 1.54) is 10.6 Å². The van der Waals surface area contributed by atoms with Gasteiger partial charge in [0.25, 0.3) is 0 Å². The number of anilines is 1. The van der Waals surface area contributed by atoms with Crippen LogP contribution in [-0.4, -0.2) is 27.4 Å². The van der Waals surface area contributed by atoms with Crippen LogP contribution in [0.15, 0.2) is 29.2 Å². The van der Waals surface area contributed by atoms with Gasteiger partial charge in [-0.25, -0.2) is 4.98 Å². The molecule has 2 aromatic heterocycles. The van der Waals surface area contributed by atoms with Crippen molar-refractivity contribution < 1.29 is 4.92 Å². The van der Waals surface area contributed by atoms with Crippen molar-refractivity contribution in [2.24, 2.45) is 0 Å². The standard InChI is InChI=1S/C14H18N4O3/c1-3-5-9-16(4-2)13-12(18(20)21)14(19)17-10-7-6-8-11(17)15-13/h6-8,10H,3-5,9H2,1-2H3. The Morgan fingerprint density at radius 3 is 2.76 bits per heavy atom. The fraction of sp³-hybridized carbons (Fsp3) is 0.429. The molecule has 0 aromatic carbocycles. The van der Waals surface area contributed by atoms with Crippen LogP contribution in [0.3, 0.4) is 0 Å². The molecule has 7 nitrogen and oxygen atoms in total. The Morgan fingerprint density at radius 1 is 1.38 bits per heavy atom. The molecule has 2 aromatic rings. The molecule has 0 spiro atoms. The third-order valence-corrected chi connectivity index (χ3v) is 3.34. The fourth-order valence-electron chi connectivity index (χ4n) is 2.21. The molecule has 2 heterocycles. The molecule has 0 saturated carbocycles. The molecule has 0 aliphatic rings. The van der Waals surface area contributed by atoms with Crippen molar-refractivity contribution in [3.8, 4) is 0 Å². The first-order valence-corrected chi connectivity index (χ1v) is 7.00. The number of hydrogen-bond donors (Lipinski definition) is 0. The zero-order valence-corrected chi connectivity index (χ0v) is 12.2. The summed E-state index contributed by atoms with van der Waals surface area (Å²) in [5, 5.41) is 11.3. The minimum atomic E-state index is -0.643. The molecule has 0 radical (unpaired) electrons. The number of aromatic nitrogens is 2. The van der Waals surface area contributed by atoms with Gasteiger partial charge in [-0.2, -0.15) is 0 Å². The molecule has 2 rings (SSSR count). The summed E-state index contributed by atoms with van der Waals surface area (Å²) < 4.78 is 1.20. The average Bonchev–Trinajstić information content (AvgIpc) is 2.48. The molecule has 21 heavy (non-hydrogen) atoms. The molecule has 0 atom stereocenters. The van der Waals surface area contributed by atoms with Gasteiger partial charge < -0.3 is 4.90 Å². The maximum Gasteiger partial charge on any atom is 0.376 e. The van der Waals surface area contributed by atoms with Crippen molar-refractivity contribution in [2.75, 3.05) is 18.0 Å². The van der Waals surface area contributed by atoms with E-state index in [1.54, 1.807) is 23.1 Å². The molecule has 0 unspecified atom stereocenters. The summed E-state index contributed by atoms with van der Waals surface area (Å²) in [4.78, 5) is 29.1. The van der Waals surface area contributed by atoms with Crippen LogP contribution in [0.25, 0.3) is 5.65 Å². The first kappa shape index (κ1) is 15.0. The second-order valence-corrected chi connectivity index (χ2v) is 4.71. The van der Waals surface area contributed by atoms with Gasteiger partial charge >= 0.3 is 11.2 Å². The van der Waals surface area contributed by atoms with Gasteiger partial charge in [0.05, 0.1) is 4.92 Å². The van der Waals surface area contributed by atoms with Gasteiger partial charge in [0, 0.05) is 19.3 Å². The lowest BCUT2D eigenvalue weighted by Crippen LogP contribution is -2.30. The van der Waals surface area contributed by atoms with Crippen molar-refractivity contribution >= 4 is 17.2 Å². The lowest BCUT2D eigenvalue weighted by molar-refractivity contribution is -0.385. The number of rotatable bonds is 6. The normalized spacial score (nSPS) is 10.8. The van der Waals surface area contributed by atoms with Gasteiger partial charge in [0.2, 0.25) is 5.82 Å². The summed E-state index contributed by atoms with van der Waals surface area (Å²) in [7, 11) is 0. The number of hydrogen-bond acceptors (Lipinski definition) is 5. The maximum atomic E-state index is 12.3. The third kappa shape index (κ3) is 2.86. The van der Waals surface area contributed by atoms with Crippen LogP contribution < -0.4 is 10.5 Å². The Bertz CT molecular complexity index is 711. The highest BCUT2D eigenvalue weighted by Gasteiger charge is 2.26. The quantitative estimate of drug-likeness (QED) is 0.602. The van der Waals surface area contributed by atoms with Gasteiger partial charge in [0.1, 0.15) is 5.65 Å². The van der Waals surface area contributed by atoms with Crippen LogP contribution in [0, 0.1) is 10.1 Å². The Labute approximate surface area is 122 Å². The molecule has 0 aliphatic carbocycles. The number of nitro groups is 1. The average molecular weight is 290 g/mol. The Balaban J connectivity index is 2.68. The van der Waals surface area contributed by atoms with E-state index >= 15 is 0 Å². The minimum Gasteiger partial charge on any atom is -0.351 e. The number of fused-ring (bicyclic) bond motifs is 1. The van der Waals surface area contributed by atoms with Crippen LogP contribution in [-0.2, 0) is 0 Å². The van der Waals surface area contributed by atoms with E-state index in [9.17, 15) is 14.9 Å². The zero-order chi connectivity index (χ0) is 15.4. The summed E-state index contributed by atoms with van der Waals surface area (Å²) in [6, 6.07) is 5.07. The lowest BCUT2D eigenvalue weighted by Gasteiger charge is -2.21. The Hall–Kier alpha value is -2.44. The second kappa shape index (κ2) is 6.34. The molecule has 0 aliphatic heterocycles. The number of nitrogens with zero attached hydrogens (tertiary/aromatic N) is 4. The van der Waals surface area contributed by atoms with Gasteiger partial charge in [-0.05, 0) is 25.5 Å². The smallest absolute Gasteiger partial charge is 0.351 e. The highest BCUT2D eigenvalue weighted by molar-refractivity contribution is 5.61. The molecular formula is C14H18N4O3. The van der Waals surface area contributed by atoms with E-state index in [0.29, 0.717) is 18.7 Å². The maximum absolute atomic E-state index is 12.3. The molecular weight excluding hydrogens is 272 g/mol. The first-order chi connectivity index (χ1) is 10.1. The van der Waals surface area contributed by atoms with Crippen molar-refractivity contribution in [3.05, 3.63) is 44.9 Å². The van der Waals surface area contributed by atoms with Gasteiger partial charge in [-0.1, -0.05) is 19.4 Å². The minimum absolute atomic E-state index is 0.159. The summed E-state index contributed by atoms with van der Waals surface area (Å²) in [6.45, 7) is 5.15. The Kier molecular flexibility index (Phi) is 4.52. The molecule has 112 valence electrons. The molecule has 7 heteroatoms. The van der Waals surface area contributed by atoms with Gasteiger partial charge in [-0.15, -0.1) is 0 Å². The zero-order valence-electron chi connectivity index (χ0n) is 12.2. The summed E-state index contributed by atoms with van der Waals surface area (Å²) >= 11 is 0. The third-order valence-electron chi connectivity index (χ3n) is 3.34. The van der Waals surface area contributed by atoms with Crippen LogP contribution in [0.1, 0.15) is 26.7 Å². The van der Waals surface area contributed by atoms with Crippen LogP contribution in [0.4, 0.5) is 11.5 Å². The monoisotopic (exact) mass is 290 g/mol. The molecule has 0 fully saturated rings. The summed E-state index contributed by atoms with van der Waals surface area (Å²) in [5.74, 6) is 0.159. The van der Waals surface area contributed by atoms with E-state index < -0.39 is 16.2 Å². The summed E-state index contributed by atoms with van der Waals surface area (Å²) in [6.07, 6.45) is 3.35. The van der Waals surface area contributed by atoms with Crippen LogP contribution in [0.5, 0.6) is 0 Å². The number of unbranched alkanes of at least 4 members (excludes halogenated alkanes) is 1. The molecule has 0 N–H and O–H groups in total. The van der Waals surface area contributed by atoms with Crippen LogP contribution >= 0.6 is 0 Å². The predicted molar refractivity (Wildman–Crippen MR) is 80.9 cm³/mol. The predicted octanol–water partition coefficient (Wildman–Crippen LogP) is 2.23. The summed E-state index contributed by atoms with van der Waals surface area (Å²) in [5.41, 5.74) is -0.690. The van der Waals surface area contributed by atoms with Crippen molar-refractivity contribution in [3.63, 3.8) is 0 Å². The van der Waals surface area contributed by atoms with E-state index in [2.05, 4.69) is 4.98 Å². The van der Waals surface area contributed by atoms with E-state index in [1.807, 2.05) is 13.8 Å².